The summed E-state index contributed by atoms with van der Waals surface area (Å²) in [6, 6.07) is 47.9. The number of aromatic nitrogens is 3. The number of benzene rings is 4. The highest BCUT2D eigenvalue weighted by molar-refractivity contribution is 5.85. The molecule has 260 valence electrons. The molecule has 3 nitrogen and oxygen atoms in total. The standard InChI is InChI=1S/C49H49N3/c1(2-7-15-39-24-29-44(30-25-39)49-35-45-20-12-13-21-46(45)37-52-49)6-14-38-22-27-43(28-23-38)48-34-40(32-33-50-48)16-8-3-4-9-17-41-26-31-47(51-36-41)42-18-10-5-11-19-42/h5,10-13,18-37H,1-4,6-9,14-17H2. The second-order valence-corrected chi connectivity index (χ2v) is 14.1. The maximum Gasteiger partial charge on any atom is 0.0708 e. The molecule has 52 heavy (non-hydrogen) atoms. The molecular formula is C49H49N3. The smallest absolute Gasteiger partial charge is 0.0708 e. The summed E-state index contributed by atoms with van der Waals surface area (Å²) >= 11 is 0. The Balaban J connectivity index is 0.771. The average Bonchev–Trinajstić information content (AvgIpc) is 3.21. The van der Waals surface area contributed by atoms with E-state index in [1.54, 1.807) is 0 Å². The zero-order chi connectivity index (χ0) is 35.2. The molecule has 3 aromatic heterocycles. The van der Waals surface area contributed by atoms with E-state index in [9.17, 15) is 0 Å². The van der Waals surface area contributed by atoms with E-state index in [2.05, 4.69) is 137 Å². The summed E-state index contributed by atoms with van der Waals surface area (Å²) in [5, 5.41) is 2.42. The summed E-state index contributed by atoms with van der Waals surface area (Å²) in [6.07, 6.45) is 20.4. The number of fused-ring (bicyclic) bond motifs is 1. The normalized spacial score (nSPS) is 11.2. The molecule has 0 saturated carbocycles. The molecule has 0 unspecified atom stereocenters. The van der Waals surface area contributed by atoms with Gasteiger partial charge in [-0.25, -0.2) is 0 Å². The van der Waals surface area contributed by atoms with Crippen molar-refractivity contribution in [1.29, 1.82) is 0 Å². The number of rotatable bonds is 17. The van der Waals surface area contributed by atoms with Crippen LogP contribution in [-0.2, 0) is 25.7 Å². The molecule has 7 aromatic rings. The van der Waals surface area contributed by atoms with Crippen molar-refractivity contribution in [2.24, 2.45) is 0 Å². The zero-order valence-electron chi connectivity index (χ0n) is 30.3. The van der Waals surface area contributed by atoms with Crippen LogP contribution in [0.3, 0.4) is 0 Å². The van der Waals surface area contributed by atoms with Crippen LogP contribution in [0.2, 0.25) is 0 Å². The molecule has 4 aromatic carbocycles. The highest BCUT2D eigenvalue weighted by Gasteiger charge is 2.05. The number of unbranched alkanes of at least 4 members (excludes halogenated alkanes) is 6. The van der Waals surface area contributed by atoms with Gasteiger partial charge in [0.05, 0.1) is 17.1 Å². The summed E-state index contributed by atoms with van der Waals surface area (Å²) in [5.41, 5.74) is 12.3. The number of nitrogens with zero attached hydrogens (tertiary/aromatic N) is 3. The van der Waals surface area contributed by atoms with E-state index in [4.69, 9.17) is 4.98 Å². The first-order valence-corrected chi connectivity index (χ1v) is 19.3. The zero-order valence-corrected chi connectivity index (χ0v) is 30.3. The van der Waals surface area contributed by atoms with Crippen LogP contribution >= 0.6 is 0 Å². The third-order valence-electron chi connectivity index (χ3n) is 10.2. The Hall–Kier alpha value is -5.41. The Morgan fingerprint density at radius 3 is 1.42 bits per heavy atom. The van der Waals surface area contributed by atoms with Crippen molar-refractivity contribution in [2.75, 3.05) is 0 Å². The predicted octanol–water partition coefficient (Wildman–Crippen LogP) is 12.7. The van der Waals surface area contributed by atoms with Crippen LogP contribution in [0.5, 0.6) is 0 Å². The van der Waals surface area contributed by atoms with E-state index >= 15 is 0 Å². The lowest BCUT2D eigenvalue weighted by atomic mass is 10.00. The van der Waals surface area contributed by atoms with E-state index in [0.29, 0.717) is 0 Å². The Bertz CT molecular complexity index is 2120. The molecule has 0 bridgehead atoms. The van der Waals surface area contributed by atoms with Gasteiger partial charge in [-0.05, 0) is 103 Å². The van der Waals surface area contributed by atoms with Crippen LogP contribution in [0.4, 0.5) is 0 Å². The summed E-state index contributed by atoms with van der Waals surface area (Å²) in [4.78, 5) is 14.1. The second-order valence-electron chi connectivity index (χ2n) is 14.1. The fraction of sp³-hybridized carbons (Fsp3) is 0.245. The largest absolute Gasteiger partial charge is 0.256 e. The SMILES string of the molecule is c1ccc(-c2ccc(CCCCCCc3ccnc(-c4ccc(CCCCCCc5ccc(-c6cc7ccccc7cn6)cc5)cc4)c3)cn2)cc1. The van der Waals surface area contributed by atoms with Crippen molar-refractivity contribution in [3.8, 4) is 33.8 Å². The van der Waals surface area contributed by atoms with Gasteiger partial charge in [-0.15, -0.1) is 0 Å². The first kappa shape index (κ1) is 35.0. The van der Waals surface area contributed by atoms with Gasteiger partial charge in [0.1, 0.15) is 0 Å². The number of aryl methyl sites for hydroxylation is 4. The molecule has 0 N–H and O–H groups in total. The maximum atomic E-state index is 4.70. The molecule has 0 aliphatic carbocycles. The first-order chi connectivity index (χ1) is 25.8. The minimum absolute atomic E-state index is 1.04. The van der Waals surface area contributed by atoms with Crippen LogP contribution in [-0.4, -0.2) is 15.0 Å². The Kier molecular flexibility index (Phi) is 12.2. The van der Waals surface area contributed by atoms with Gasteiger partial charge in [0, 0.05) is 40.7 Å². The lowest BCUT2D eigenvalue weighted by Gasteiger charge is -2.08. The minimum Gasteiger partial charge on any atom is -0.256 e. The number of hydrogen-bond acceptors (Lipinski definition) is 3. The quantitative estimate of drug-likeness (QED) is 0.0899. The van der Waals surface area contributed by atoms with Gasteiger partial charge in [-0.2, -0.15) is 0 Å². The van der Waals surface area contributed by atoms with E-state index in [1.165, 1.54) is 101 Å². The third-order valence-corrected chi connectivity index (χ3v) is 10.2. The molecule has 0 amide bonds. The fourth-order valence-electron chi connectivity index (χ4n) is 7.09. The van der Waals surface area contributed by atoms with Crippen molar-refractivity contribution in [3.63, 3.8) is 0 Å². The molecule has 0 aliphatic rings. The van der Waals surface area contributed by atoms with E-state index in [-0.39, 0.29) is 0 Å². The topological polar surface area (TPSA) is 38.7 Å². The molecule has 0 atom stereocenters. The number of pyridine rings is 3. The fourth-order valence-corrected chi connectivity index (χ4v) is 7.09. The first-order valence-electron chi connectivity index (χ1n) is 19.3. The monoisotopic (exact) mass is 679 g/mol. The maximum absolute atomic E-state index is 4.70. The highest BCUT2D eigenvalue weighted by atomic mass is 14.7. The van der Waals surface area contributed by atoms with Gasteiger partial charge in [0.2, 0.25) is 0 Å². The molecule has 3 heterocycles. The lowest BCUT2D eigenvalue weighted by Crippen LogP contribution is -1.92. The Morgan fingerprint density at radius 2 is 0.808 bits per heavy atom. The predicted molar refractivity (Wildman–Crippen MR) is 218 cm³/mol. The molecule has 0 aliphatic heterocycles. The van der Waals surface area contributed by atoms with Crippen molar-refractivity contribution in [1.82, 2.24) is 15.0 Å². The Labute approximate surface area is 309 Å². The van der Waals surface area contributed by atoms with Crippen LogP contribution < -0.4 is 0 Å². The van der Waals surface area contributed by atoms with Crippen LogP contribution in [0.15, 0.2) is 152 Å². The van der Waals surface area contributed by atoms with E-state index < -0.39 is 0 Å². The van der Waals surface area contributed by atoms with Crippen molar-refractivity contribution >= 4 is 10.8 Å². The molecule has 0 saturated heterocycles. The van der Waals surface area contributed by atoms with Crippen LogP contribution in [0.25, 0.3) is 44.5 Å². The van der Waals surface area contributed by atoms with E-state index in [1.807, 2.05) is 24.7 Å². The van der Waals surface area contributed by atoms with Gasteiger partial charge in [-0.3, -0.25) is 15.0 Å². The molecule has 0 radical (unpaired) electrons. The molecule has 0 spiro atoms. The van der Waals surface area contributed by atoms with Crippen molar-refractivity contribution in [2.45, 2.75) is 77.0 Å². The Morgan fingerprint density at radius 1 is 0.308 bits per heavy atom. The second kappa shape index (κ2) is 18.2. The van der Waals surface area contributed by atoms with Crippen molar-refractivity contribution in [3.05, 3.63) is 174 Å². The molecule has 7 rings (SSSR count). The van der Waals surface area contributed by atoms with Gasteiger partial charge in [0.15, 0.2) is 0 Å². The summed E-state index contributed by atoms with van der Waals surface area (Å²) in [5.74, 6) is 0. The third kappa shape index (κ3) is 9.88. The molecular weight excluding hydrogens is 631 g/mol. The summed E-state index contributed by atoms with van der Waals surface area (Å²) in [7, 11) is 0. The lowest BCUT2D eigenvalue weighted by molar-refractivity contribution is 0.640. The van der Waals surface area contributed by atoms with Crippen molar-refractivity contribution < 1.29 is 0 Å². The molecule has 0 fully saturated rings. The van der Waals surface area contributed by atoms with E-state index in [0.717, 1.165) is 42.8 Å². The van der Waals surface area contributed by atoms with Gasteiger partial charge in [-0.1, -0.05) is 135 Å². The summed E-state index contributed by atoms with van der Waals surface area (Å²) in [6.45, 7) is 0. The van der Waals surface area contributed by atoms with Crippen LogP contribution in [0.1, 0.15) is 73.6 Å². The summed E-state index contributed by atoms with van der Waals surface area (Å²) < 4.78 is 0. The highest BCUT2D eigenvalue weighted by Crippen LogP contribution is 2.24. The average molecular weight is 680 g/mol. The number of hydrogen-bond donors (Lipinski definition) is 0. The van der Waals surface area contributed by atoms with Gasteiger partial charge in [0.25, 0.3) is 0 Å². The van der Waals surface area contributed by atoms with Gasteiger partial charge < -0.3 is 0 Å². The van der Waals surface area contributed by atoms with Gasteiger partial charge >= 0.3 is 0 Å². The van der Waals surface area contributed by atoms with Crippen LogP contribution in [0, 0.1) is 0 Å². The molecule has 3 heteroatoms. The minimum atomic E-state index is 1.04.